The number of fused-ring (bicyclic) bond motifs is 1. The van der Waals surface area contributed by atoms with E-state index in [-0.39, 0.29) is 12.0 Å². The third-order valence-corrected chi connectivity index (χ3v) is 3.82. The van der Waals surface area contributed by atoms with Crippen molar-refractivity contribution in [1.29, 1.82) is 0 Å². The van der Waals surface area contributed by atoms with Crippen molar-refractivity contribution in [1.82, 2.24) is 4.90 Å². The smallest absolute Gasteiger partial charge is 0.263 e. The van der Waals surface area contributed by atoms with Gasteiger partial charge in [0.1, 0.15) is 5.75 Å². The lowest BCUT2D eigenvalue weighted by molar-refractivity contribution is -0.132. The first-order valence-corrected chi connectivity index (χ1v) is 6.45. The molecule has 0 saturated carbocycles. The van der Waals surface area contributed by atoms with Crippen LogP contribution in [0.4, 0.5) is 0 Å². The number of rotatable bonds is 2. The summed E-state index contributed by atoms with van der Waals surface area (Å²) in [4.78, 5) is 13.6. The van der Waals surface area contributed by atoms with Crippen LogP contribution in [0.2, 0.25) is 0 Å². The van der Waals surface area contributed by atoms with Gasteiger partial charge in [-0.05, 0) is 18.9 Å². The van der Waals surface area contributed by atoms with Crippen LogP contribution in [0.1, 0.15) is 24.0 Å². The predicted molar refractivity (Wildman–Crippen MR) is 69.8 cm³/mol. The fraction of sp³-hybridized carbons (Fsp3) is 0.429. The van der Waals surface area contributed by atoms with E-state index in [1.165, 1.54) is 0 Å². The van der Waals surface area contributed by atoms with Gasteiger partial charge in [-0.1, -0.05) is 17.3 Å². The number of benzene rings is 1. The molecule has 3 rings (SSSR count). The van der Waals surface area contributed by atoms with Crippen molar-refractivity contribution in [2.24, 2.45) is 5.16 Å². The second-order valence-corrected chi connectivity index (χ2v) is 4.98. The normalized spacial score (nSPS) is 24.1. The average Bonchev–Trinajstić information content (AvgIpc) is 2.98. The lowest BCUT2D eigenvalue weighted by Gasteiger charge is -2.15. The fourth-order valence-electron chi connectivity index (χ4n) is 2.74. The molecule has 1 saturated heterocycles. The van der Waals surface area contributed by atoms with Crippen LogP contribution in [-0.2, 0) is 11.2 Å². The topological polar surface area (TPSA) is 62.1 Å². The number of carbonyl (C=O) groups excluding carboxylic acids is 1. The highest BCUT2D eigenvalue weighted by atomic mass is 16.5. The van der Waals surface area contributed by atoms with E-state index in [0.29, 0.717) is 12.1 Å². The van der Waals surface area contributed by atoms with Gasteiger partial charge in [0, 0.05) is 31.1 Å². The van der Waals surface area contributed by atoms with E-state index in [4.69, 9.17) is 9.94 Å². The van der Waals surface area contributed by atoms with E-state index in [1.807, 2.05) is 18.2 Å². The minimum Gasteiger partial charge on any atom is -0.480 e. The van der Waals surface area contributed by atoms with Gasteiger partial charge in [-0.3, -0.25) is 4.79 Å². The molecule has 0 bridgehead atoms. The van der Waals surface area contributed by atoms with Crippen molar-refractivity contribution in [3.8, 4) is 5.75 Å². The Kier molecular flexibility index (Phi) is 2.89. The van der Waals surface area contributed by atoms with Gasteiger partial charge in [0.25, 0.3) is 5.91 Å². The van der Waals surface area contributed by atoms with Crippen LogP contribution in [0.15, 0.2) is 23.4 Å². The Morgan fingerprint density at radius 3 is 2.95 bits per heavy atom. The van der Waals surface area contributed by atoms with Crippen molar-refractivity contribution in [2.75, 3.05) is 13.6 Å². The van der Waals surface area contributed by atoms with Crippen LogP contribution in [-0.4, -0.2) is 41.4 Å². The molecule has 0 radical (unpaired) electrons. The molecule has 0 spiro atoms. The van der Waals surface area contributed by atoms with E-state index >= 15 is 0 Å². The van der Waals surface area contributed by atoms with Crippen molar-refractivity contribution in [3.05, 3.63) is 29.3 Å². The van der Waals surface area contributed by atoms with E-state index in [2.05, 4.69) is 5.16 Å². The van der Waals surface area contributed by atoms with Gasteiger partial charge in [-0.2, -0.15) is 0 Å². The number of likely N-dealkylation sites (tertiary alicyclic amines) is 1. The summed E-state index contributed by atoms with van der Waals surface area (Å²) in [5, 5.41) is 12.3. The molecule has 2 aliphatic rings. The van der Waals surface area contributed by atoms with Crippen LogP contribution >= 0.6 is 0 Å². The molecule has 1 unspecified atom stereocenters. The number of likely N-dealkylation sites (N-methyl/N-ethyl adjacent to an activating group) is 1. The van der Waals surface area contributed by atoms with Gasteiger partial charge in [0.2, 0.25) is 0 Å². The van der Waals surface area contributed by atoms with Gasteiger partial charge in [-0.25, -0.2) is 0 Å². The molecule has 1 fully saturated rings. The molecule has 100 valence electrons. The van der Waals surface area contributed by atoms with Gasteiger partial charge >= 0.3 is 0 Å². The predicted octanol–water partition coefficient (Wildman–Crippen LogP) is 1.42. The Morgan fingerprint density at radius 2 is 2.26 bits per heavy atom. The standard InChI is InChI=1S/C14H16N2O3/c1-16-8-7-13(14(16)17)19-12-4-2-3-9-10(12)5-6-11(9)15-18/h2-4,13,18H,5-8H2,1H3. The van der Waals surface area contributed by atoms with Gasteiger partial charge in [0.15, 0.2) is 6.10 Å². The summed E-state index contributed by atoms with van der Waals surface area (Å²) in [6.45, 7) is 0.738. The summed E-state index contributed by atoms with van der Waals surface area (Å²) in [6, 6.07) is 5.67. The number of nitrogens with zero attached hydrogens (tertiary/aromatic N) is 2. The maximum Gasteiger partial charge on any atom is 0.263 e. The van der Waals surface area contributed by atoms with Crippen molar-refractivity contribution in [2.45, 2.75) is 25.4 Å². The largest absolute Gasteiger partial charge is 0.480 e. The Bertz CT molecular complexity index is 554. The fourth-order valence-corrected chi connectivity index (χ4v) is 2.74. The molecule has 1 aliphatic heterocycles. The molecule has 1 amide bonds. The van der Waals surface area contributed by atoms with Gasteiger partial charge in [-0.15, -0.1) is 0 Å². The minimum atomic E-state index is -0.383. The van der Waals surface area contributed by atoms with Gasteiger partial charge < -0.3 is 14.8 Å². The molecule has 1 atom stereocenters. The highest BCUT2D eigenvalue weighted by Gasteiger charge is 2.32. The monoisotopic (exact) mass is 260 g/mol. The van der Waals surface area contributed by atoms with E-state index in [1.54, 1.807) is 11.9 Å². The third kappa shape index (κ3) is 1.95. The Balaban J connectivity index is 1.87. The van der Waals surface area contributed by atoms with Crippen LogP contribution < -0.4 is 4.74 Å². The molecule has 1 heterocycles. The second kappa shape index (κ2) is 4.57. The summed E-state index contributed by atoms with van der Waals surface area (Å²) in [7, 11) is 1.79. The van der Waals surface area contributed by atoms with Crippen LogP contribution in [0.5, 0.6) is 5.75 Å². The summed E-state index contributed by atoms with van der Waals surface area (Å²) in [5.74, 6) is 0.774. The number of amides is 1. The summed E-state index contributed by atoms with van der Waals surface area (Å²) < 4.78 is 5.87. The number of ether oxygens (including phenoxy) is 1. The van der Waals surface area contributed by atoms with Crippen LogP contribution in [0.3, 0.4) is 0 Å². The molecule has 1 aromatic carbocycles. The molecular formula is C14H16N2O3. The minimum absolute atomic E-state index is 0.0339. The first-order chi connectivity index (χ1) is 9.20. The first kappa shape index (κ1) is 12.0. The van der Waals surface area contributed by atoms with Crippen molar-refractivity contribution in [3.63, 3.8) is 0 Å². The van der Waals surface area contributed by atoms with Crippen LogP contribution in [0, 0.1) is 0 Å². The first-order valence-electron chi connectivity index (χ1n) is 6.45. The van der Waals surface area contributed by atoms with E-state index < -0.39 is 0 Å². The van der Waals surface area contributed by atoms with Crippen molar-refractivity contribution < 1.29 is 14.7 Å². The zero-order valence-electron chi connectivity index (χ0n) is 10.8. The Hall–Kier alpha value is -2.04. The highest BCUT2D eigenvalue weighted by Crippen LogP contribution is 2.32. The molecule has 0 aromatic heterocycles. The van der Waals surface area contributed by atoms with Crippen LogP contribution in [0.25, 0.3) is 0 Å². The molecule has 1 aliphatic carbocycles. The molecule has 1 N–H and O–H groups in total. The molecule has 19 heavy (non-hydrogen) atoms. The third-order valence-electron chi connectivity index (χ3n) is 3.82. The number of oxime groups is 1. The molecule has 5 heteroatoms. The van der Waals surface area contributed by atoms with Crippen molar-refractivity contribution >= 4 is 11.6 Å². The highest BCUT2D eigenvalue weighted by molar-refractivity contribution is 6.04. The molecule has 1 aromatic rings. The van der Waals surface area contributed by atoms with Gasteiger partial charge in [0.05, 0.1) is 5.71 Å². The van der Waals surface area contributed by atoms with E-state index in [0.717, 1.165) is 36.3 Å². The molecular weight excluding hydrogens is 244 g/mol. The Labute approximate surface area is 111 Å². The second-order valence-electron chi connectivity index (χ2n) is 4.98. The van der Waals surface area contributed by atoms with E-state index in [9.17, 15) is 4.79 Å². The maximum absolute atomic E-state index is 11.9. The molecule has 5 nitrogen and oxygen atoms in total. The summed E-state index contributed by atoms with van der Waals surface area (Å²) in [5.41, 5.74) is 2.66. The average molecular weight is 260 g/mol. The lowest BCUT2D eigenvalue weighted by atomic mass is 10.1. The number of carbonyl (C=O) groups is 1. The summed E-state index contributed by atoms with van der Waals surface area (Å²) >= 11 is 0. The maximum atomic E-state index is 11.9. The summed E-state index contributed by atoms with van der Waals surface area (Å²) in [6.07, 6.45) is 1.85. The Morgan fingerprint density at radius 1 is 1.42 bits per heavy atom. The SMILES string of the molecule is CN1CCC(Oc2cccc3c2CCC3=NO)C1=O. The number of hydrogen-bond donors (Lipinski definition) is 1. The lowest BCUT2D eigenvalue weighted by Crippen LogP contribution is -2.29. The quantitative estimate of drug-likeness (QED) is 0.646. The number of hydrogen-bond acceptors (Lipinski definition) is 4. The zero-order chi connectivity index (χ0) is 13.4. The zero-order valence-corrected chi connectivity index (χ0v) is 10.8.